The van der Waals surface area contributed by atoms with Crippen molar-refractivity contribution in [1.29, 1.82) is 0 Å². The highest BCUT2D eigenvalue weighted by molar-refractivity contribution is 6.19. The Morgan fingerprint density at radius 1 is 0.714 bits per heavy atom. The molecule has 0 aliphatic heterocycles. The summed E-state index contributed by atoms with van der Waals surface area (Å²) in [5, 5.41) is 3.39. The van der Waals surface area contributed by atoms with Gasteiger partial charge in [-0.2, -0.15) is 0 Å². The van der Waals surface area contributed by atoms with Gasteiger partial charge >= 0.3 is 5.97 Å². The minimum Gasteiger partial charge on any atom is -0.497 e. The molecule has 4 nitrogen and oxygen atoms in total. The second-order valence-corrected chi connectivity index (χ2v) is 6.45. The Bertz CT molecular complexity index is 1220. The maximum Gasteiger partial charge on any atom is 0.338 e. The van der Waals surface area contributed by atoms with Crippen molar-refractivity contribution in [3.63, 3.8) is 0 Å². The normalized spacial score (nSPS) is 10.8. The third kappa shape index (κ3) is 2.99. The average Bonchev–Trinajstić information content (AvgIpc) is 2.76. The van der Waals surface area contributed by atoms with E-state index in [1.807, 2.05) is 60.7 Å². The molecular weight excluding hydrogens is 352 g/mol. The topological polar surface area (TPSA) is 52.6 Å². The molecule has 28 heavy (non-hydrogen) atoms. The quantitative estimate of drug-likeness (QED) is 0.374. The van der Waals surface area contributed by atoms with Gasteiger partial charge < -0.3 is 9.47 Å². The Kier molecular flexibility index (Phi) is 4.53. The van der Waals surface area contributed by atoms with Gasteiger partial charge in [0, 0.05) is 11.1 Å². The first-order chi connectivity index (χ1) is 13.6. The summed E-state index contributed by atoms with van der Waals surface area (Å²) < 4.78 is 10.1. The van der Waals surface area contributed by atoms with Crippen molar-refractivity contribution in [3.05, 3.63) is 89.5 Å². The van der Waals surface area contributed by atoms with Gasteiger partial charge in [-0.05, 0) is 51.9 Å². The van der Waals surface area contributed by atoms with Gasteiger partial charge in [-0.25, -0.2) is 4.79 Å². The molecule has 0 spiro atoms. The minimum absolute atomic E-state index is 0.0923. The zero-order chi connectivity index (χ0) is 19.7. The van der Waals surface area contributed by atoms with Gasteiger partial charge in [-0.3, -0.25) is 4.79 Å². The summed E-state index contributed by atoms with van der Waals surface area (Å²) in [6, 6.07) is 22.0. The molecule has 0 heterocycles. The number of hydrogen-bond acceptors (Lipinski definition) is 4. The molecule has 0 aromatic heterocycles. The van der Waals surface area contributed by atoms with Crippen molar-refractivity contribution >= 4 is 33.3 Å². The van der Waals surface area contributed by atoms with Crippen LogP contribution >= 0.6 is 0 Å². The van der Waals surface area contributed by atoms with Crippen molar-refractivity contribution in [2.24, 2.45) is 0 Å². The largest absolute Gasteiger partial charge is 0.497 e. The highest BCUT2D eigenvalue weighted by Gasteiger charge is 2.17. The first-order valence-electron chi connectivity index (χ1n) is 8.85. The molecule has 4 aromatic carbocycles. The summed E-state index contributed by atoms with van der Waals surface area (Å²) in [7, 11) is 2.97. The monoisotopic (exact) mass is 370 g/mol. The van der Waals surface area contributed by atoms with E-state index in [4.69, 9.17) is 9.47 Å². The van der Waals surface area contributed by atoms with Gasteiger partial charge in [0.2, 0.25) is 0 Å². The number of ketones is 1. The van der Waals surface area contributed by atoms with E-state index >= 15 is 0 Å². The van der Waals surface area contributed by atoms with Crippen LogP contribution in [0.1, 0.15) is 26.3 Å². The molecule has 0 fully saturated rings. The summed E-state index contributed by atoms with van der Waals surface area (Å²) in [5.41, 5.74) is 1.59. The summed E-state index contributed by atoms with van der Waals surface area (Å²) in [4.78, 5) is 25.3. The maximum atomic E-state index is 13.2. The van der Waals surface area contributed by atoms with Crippen molar-refractivity contribution in [2.75, 3.05) is 14.2 Å². The van der Waals surface area contributed by atoms with Crippen LogP contribution in [0.15, 0.2) is 72.8 Å². The molecule has 0 amide bonds. The number of esters is 1. The third-order valence-corrected chi connectivity index (χ3v) is 4.88. The van der Waals surface area contributed by atoms with Crippen LogP contribution in [0, 0.1) is 0 Å². The molecule has 4 aromatic rings. The molecule has 0 unspecified atom stereocenters. The smallest absolute Gasteiger partial charge is 0.338 e. The lowest BCUT2D eigenvalue weighted by Crippen LogP contribution is -2.06. The Labute approximate surface area is 162 Å². The zero-order valence-corrected chi connectivity index (χ0v) is 15.6. The fourth-order valence-corrected chi connectivity index (χ4v) is 3.43. The average molecular weight is 370 g/mol. The second-order valence-electron chi connectivity index (χ2n) is 6.45. The predicted octanol–water partition coefficient (Wildman–Crippen LogP) is 5.02. The lowest BCUT2D eigenvalue weighted by molar-refractivity contribution is 0.0602. The van der Waals surface area contributed by atoms with E-state index in [-0.39, 0.29) is 5.78 Å². The number of fused-ring (bicyclic) bond motifs is 2. The van der Waals surface area contributed by atoms with Gasteiger partial charge in [0.1, 0.15) is 5.75 Å². The van der Waals surface area contributed by atoms with Gasteiger partial charge in [0.25, 0.3) is 0 Å². The predicted molar refractivity (Wildman–Crippen MR) is 109 cm³/mol. The van der Waals surface area contributed by atoms with E-state index < -0.39 is 5.97 Å². The van der Waals surface area contributed by atoms with Crippen molar-refractivity contribution in [1.82, 2.24) is 0 Å². The number of ether oxygens (including phenoxy) is 2. The van der Waals surface area contributed by atoms with Gasteiger partial charge in [-0.15, -0.1) is 0 Å². The maximum absolute atomic E-state index is 13.2. The molecule has 0 saturated carbocycles. The molecule has 4 heteroatoms. The highest BCUT2D eigenvalue weighted by atomic mass is 16.5. The zero-order valence-electron chi connectivity index (χ0n) is 15.6. The lowest BCUT2D eigenvalue weighted by Gasteiger charge is -2.10. The summed E-state index contributed by atoms with van der Waals surface area (Å²) in [5.74, 6) is 0.260. The summed E-state index contributed by atoms with van der Waals surface area (Å²) in [6.45, 7) is 0. The second kappa shape index (κ2) is 7.16. The Balaban J connectivity index is 1.83. The fourth-order valence-electron chi connectivity index (χ4n) is 3.43. The van der Waals surface area contributed by atoms with Crippen LogP contribution in [0.4, 0.5) is 0 Å². The number of methoxy groups -OCH3 is 2. The van der Waals surface area contributed by atoms with E-state index in [1.165, 1.54) is 7.11 Å². The van der Waals surface area contributed by atoms with Crippen LogP contribution in [-0.4, -0.2) is 26.0 Å². The first kappa shape index (κ1) is 17.7. The van der Waals surface area contributed by atoms with E-state index in [0.717, 1.165) is 21.9 Å². The Morgan fingerprint density at radius 2 is 1.36 bits per heavy atom. The molecule has 0 atom stereocenters. The van der Waals surface area contributed by atoms with Gasteiger partial charge in [0.05, 0.1) is 19.8 Å². The van der Waals surface area contributed by atoms with Gasteiger partial charge in [-0.1, -0.05) is 42.5 Å². The fraction of sp³-hybridized carbons (Fsp3) is 0.0833. The molecule has 0 bridgehead atoms. The van der Waals surface area contributed by atoms with Crippen molar-refractivity contribution in [2.45, 2.75) is 0 Å². The molecular formula is C24H18O4. The molecule has 0 aliphatic rings. The molecule has 0 radical (unpaired) electrons. The standard InChI is InChI=1S/C24H18O4/c1-27-18-10-9-15-13-17(8-7-16(15)14-18)23(25)21-11-12-22(24(26)28-2)20-6-4-3-5-19(20)21/h3-14H,1-2H3. The van der Waals surface area contributed by atoms with Crippen LogP contribution in [0.25, 0.3) is 21.5 Å². The third-order valence-electron chi connectivity index (χ3n) is 4.88. The van der Waals surface area contributed by atoms with Crippen LogP contribution < -0.4 is 4.74 Å². The van der Waals surface area contributed by atoms with E-state index in [1.54, 1.807) is 19.2 Å². The number of hydrogen-bond donors (Lipinski definition) is 0. The lowest BCUT2D eigenvalue weighted by atomic mass is 9.93. The van der Waals surface area contributed by atoms with Crippen LogP contribution in [0.2, 0.25) is 0 Å². The van der Waals surface area contributed by atoms with E-state index in [9.17, 15) is 9.59 Å². The molecule has 0 N–H and O–H groups in total. The number of carbonyl (C=O) groups excluding carboxylic acids is 2. The highest BCUT2D eigenvalue weighted by Crippen LogP contribution is 2.27. The van der Waals surface area contributed by atoms with Gasteiger partial charge in [0.15, 0.2) is 5.78 Å². The Morgan fingerprint density at radius 3 is 2.07 bits per heavy atom. The summed E-state index contributed by atoms with van der Waals surface area (Å²) in [6.07, 6.45) is 0. The molecule has 0 saturated heterocycles. The van der Waals surface area contributed by atoms with Crippen molar-refractivity contribution < 1.29 is 19.1 Å². The van der Waals surface area contributed by atoms with Crippen LogP contribution in [-0.2, 0) is 4.74 Å². The van der Waals surface area contributed by atoms with E-state index in [0.29, 0.717) is 22.1 Å². The van der Waals surface area contributed by atoms with Crippen LogP contribution in [0.5, 0.6) is 5.75 Å². The van der Waals surface area contributed by atoms with Crippen LogP contribution in [0.3, 0.4) is 0 Å². The number of carbonyl (C=O) groups is 2. The number of rotatable bonds is 4. The molecule has 138 valence electrons. The SMILES string of the molecule is COC(=O)c1ccc(C(=O)c2ccc3cc(OC)ccc3c2)c2ccccc12. The van der Waals surface area contributed by atoms with E-state index in [2.05, 4.69) is 0 Å². The molecule has 0 aliphatic carbocycles. The minimum atomic E-state index is -0.421. The number of benzene rings is 4. The first-order valence-corrected chi connectivity index (χ1v) is 8.85. The molecule has 4 rings (SSSR count). The van der Waals surface area contributed by atoms with Crippen molar-refractivity contribution in [3.8, 4) is 5.75 Å². The summed E-state index contributed by atoms with van der Waals surface area (Å²) >= 11 is 0. The Hall–Kier alpha value is -3.66.